The summed E-state index contributed by atoms with van der Waals surface area (Å²) in [4.78, 5) is 16.4. The van der Waals surface area contributed by atoms with Crippen LogP contribution in [0.3, 0.4) is 0 Å². The summed E-state index contributed by atoms with van der Waals surface area (Å²) in [6.45, 7) is 4.39. The number of hydrogen-bond acceptors (Lipinski definition) is 4. The molecule has 0 aliphatic carbocycles. The summed E-state index contributed by atoms with van der Waals surface area (Å²) in [7, 11) is 0. The van der Waals surface area contributed by atoms with Gasteiger partial charge < -0.3 is 9.15 Å². The number of aryl methyl sites for hydroxylation is 3. The van der Waals surface area contributed by atoms with Crippen LogP contribution in [0.2, 0.25) is 0 Å². The monoisotopic (exact) mass is 323 g/mol. The first kappa shape index (κ1) is 16.2. The van der Waals surface area contributed by atoms with Gasteiger partial charge in [-0.25, -0.2) is 0 Å². The number of ether oxygens (including phenoxy) is 1. The second-order valence-corrected chi connectivity index (χ2v) is 6.03. The van der Waals surface area contributed by atoms with Crippen molar-refractivity contribution in [1.82, 2.24) is 4.98 Å². The molecule has 3 aromatic rings. The van der Waals surface area contributed by atoms with Gasteiger partial charge in [-0.3, -0.25) is 9.78 Å². The summed E-state index contributed by atoms with van der Waals surface area (Å²) in [6.07, 6.45) is 3.46. The van der Waals surface area contributed by atoms with Gasteiger partial charge in [0.25, 0.3) is 0 Å². The molecule has 24 heavy (non-hydrogen) atoms. The SMILES string of the molecule is Cc1ccc2c(CC(=O)OCCCc3cccc(C)n3)coc2c1. The highest BCUT2D eigenvalue weighted by Crippen LogP contribution is 2.22. The van der Waals surface area contributed by atoms with E-state index in [0.29, 0.717) is 6.61 Å². The van der Waals surface area contributed by atoms with E-state index in [4.69, 9.17) is 9.15 Å². The molecule has 0 unspecified atom stereocenters. The number of esters is 1. The van der Waals surface area contributed by atoms with Crippen molar-refractivity contribution in [3.63, 3.8) is 0 Å². The second-order valence-electron chi connectivity index (χ2n) is 6.03. The molecule has 0 bridgehead atoms. The Labute approximate surface area is 141 Å². The van der Waals surface area contributed by atoms with Crippen LogP contribution in [0.4, 0.5) is 0 Å². The van der Waals surface area contributed by atoms with Crippen molar-refractivity contribution >= 4 is 16.9 Å². The molecule has 0 saturated heterocycles. The van der Waals surface area contributed by atoms with Gasteiger partial charge >= 0.3 is 5.97 Å². The largest absolute Gasteiger partial charge is 0.465 e. The van der Waals surface area contributed by atoms with Gasteiger partial charge in [0.15, 0.2) is 0 Å². The van der Waals surface area contributed by atoms with E-state index >= 15 is 0 Å². The Balaban J connectivity index is 1.48. The van der Waals surface area contributed by atoms with Crippen LogP contribution in [0.1, 0.15) is 28.9 Å². The van der Waals surface area contributed by atoms with Gasteiger partial charge in [0.2, 0.25) is 0 Å². The molecule has 0 spiro atoms. The van der Waals surface area contributed by atoms with Gasteiger partial charge in [-0.05, 0) is 50.5 Å². The first-order valence-electron chi connectivity index (χ1n) is 8.17. The average Bonchev–Trinajstić information content (AvgIpc) is 2.93. The van der Waals surface area contributed by atoms with Crippen LogP contribution >= 0.6 is 0 Å². The van der Waals surface area contributed by atoms with Crippen LogP contribution in [0, 0.1) is 13.8 Å². The maximum Gasteiger partial charge on any atom is 0.310 e. The molecule has 0 amide bonds. The lowest BCUT2D eigenvalue weighted by molar-refractivity contribution is -0.142. The fourth-order valence-corrected chi connectivity index (χ4v) is 2.71. The predicted octanol–water partition coefficient (Wildman–Crippen LogP) is 4.16. The minimum absolute atomic E-state index is 0.226. The predicted molar refractivity (Wildman–Crippen MR) is 92.9 cm³/mol. The zero-order valence-corrected chi connectivity index (χ0v) is 14.0. The summed E-state index contributed by atoms with van der Waals surface area (Å²) >= 11 is 0. The first-order chi connectivity index (χ1) is 11.6. The first-order valence-corrected chi connectivity index (χ1v) is 8.17. The van der Waals surface area contributed by atoms with E-state index in [1.54, 1.807) is 6.26 Å². The van der Waals surface area contributed by atoms with Crippen molar-refractivity contribution in [2.45, 2.75) is 33.1 Å². The van der Waals surface area contributed by atoms with E-state index < -0.39 is 0 Å². The van der Waals surface area contributed by atoms with Crippen molar-refractivity contribution in [3.8, 4) is 0 Å². The molecule has 0 N–H and O–H groups in total. The Morgan fingerprint density at radius 3 is 2.92 bits per heavy atom. The van der Waals surface area contributed by atoms with Crippen LogP contribution in [0.5, 0.6) is 0 Å². The highest BCUT2D eigenvalue weighted by atomic mass is 16.5. The summed E-state index contributed by atoms with van der Waals surface area (Å²) in [5.41, 5.74) is 4.85. The van der Waals surface area contributed by atoms with E-state index in [2.05, 4.69) is 4.98 Å². The van der Waals surface area contributed by atoms with Crippen LogP contribution < -0.4 is 0 Å². The Hall–Kier alpha value is -2.62. The van der Waals surface area contributed by atoms with Crippen molar-refractivity contribution in [2.75, 3.05) is 6.61 Å². The molecule has 1 aromatic carbocycles. The summed E-state index contributed by atoms with van der Waals surface area (Å²) in [5.74, 6) is -0.226. The van der Waals surface area contributed by atoms with Gasteiger partial charge in [-0.1, -0.05) is 18.2 Å². The third kappa shape index (κ3) is 4.02. The molecule has 3 rings (SSSR count). The molecule has 0 radical (unpaired) electrons. The van der Waals surface area contributed by atoms with Gasteiger partial charge in [-0.2, -0.15) is 0 Å². The van der Waals surface area contributed by atoms with Gasteiger partial charge in [0, 0.05) is 22.3 Å². The molecule has 0 aliphatic heterocycles. The van der Waals surface area contributed by atoms with Crippen LogP contribution in [0.25, 0.3) is 11.0 Å². The van der Waals surface area contributed by atoms with Crippen molar-refractivity contribution in [1.29, 1.82) is 0 Å². The molecule has 124 valence electrons. The maximum atomic E-state index is 12.0. The Kier molecular flexibility index (Phi) is 4.94. The minimum Gasteiger partial charge on any atom is -0.465 e. The van der Waals surface area contributed by atoms with E-state index in [1.165, 1.54) is 0 Å². The molecular formula is C20H21NO3. The van der Waals surface area contributed by atoms with E-state index in [0.717, 1.165) is 46.3 Å². The number of benzene rings is 1. The van der Waals surface area contributed by atoms with E-state index in [9.17, 15) is 4.79 Å². The molecule has 0 fully saturated rings. The normalized spacial score (nSPS) is 10.9. The highest BCUT2D eigenvalue weighted by Gasteiger charge is 2.11. The lowest BCUT2D eigenvalue weighted by Crippen LogP contribution is -2.09. The topological polar surface area (TPSA) is 52.3 Å². The molecule has 2 heterocycles. The lowest BCUT2D eigenvalue weighted by Gasteiger charge is -2.05. The van der Waals surface area contributed by atoms with Gasteiger partial charge in [-0.15, -0.1) is 0 Å². The Bertz CT molecular complexity index is 851. The molecule has 0 saturated carbocycles. The number of furan rings is 1. The zero-order chi connectivity index (χ0) is 16.9. The van der Waals surface area contributed by atoms with Crippen molar-refractivity contribution in [3.05, 3.63) is 65.2 Å². The maximum absolute atomic E-state index is 12.0. The second kappa shape index (κ2) is 7.30. The number of pyridine rings is 1. The quantitative estimate of drug-likeness (QED) is 0.505. The number of rotatable bonds is 6. The van der Waals surface area contributed by atoms with Crippen LogP contribution in [-0.2, 0) is 22.4 Å². The Morgan fingerprint density at radius 2 is 2.08 bits per heavy atom. The molecule has 0 atom stereocenters. The summed E-state index contributed by atoms with van der Waals surface area (Å²) < 4.78 is 10.8. The fraction of sp³-hybridized carbons (Fsp3) is 0.300. The summed E-state index contributed by atoms with van der Waals surface area (Å²) in [6, 6.07) is 11.9. The van der Waals surface area contributed by atoms with Gasteiger partial charge in [0.05, 0.1) is 19.3 Å². The number of nitrogens with zero attached hydrogens (tertiary/aromatic N) is 1. The third-order valence-electron chi connectivity index (χ3n) is 3.93. The molecule has 4 nitrogen and oxygen atoms in total. The van der Waals surface area contributed by atoms with E-state index in [1.807, 2.05) is 50.2 Å². The van der Waals surface area contributed by atoms with Crippen molar-refractivity contribution in [2.24, 2.45) is 0 Å². The Morgan fingerprint density at radius 1 is 1.21 bits per heavy atom. The molecule has 0 aliphatic rings. The lowest BCUT2D eigenvalue weighted by atomic mass is 10.1. The molecule has 2 aromatic heterocycles. The number of fused-ring (bicyclic) bond motifs is 1. The standard InChI is InChI=1S/C20H21NO3/c1-14-8-9-18-16(13-24-19(18)11-14)12-20(22)23-10-4-7-17-6-3-5-15(2)21-17/h3,5-6,8-9,11,13H,4,7,10,12H2,1-2H3. The van der Waals surface area contributed by atoms with Gasteiger partial charge in [0.1, 0.15) is 5.58 Å². The number of carbonyl (C=O) groups is 1. The molecule has 4 heteroatoms. The third-order valence-corrected chi connectivity index (χ3v) is 3.93. The molecular weight excluding hydrogens is 302 g/mol. The number of aromatic nitrogens is 1. The average molecular weight is 323 g/mol. The van der Waals surface area contributed by atoms with Crippen molar-refractivity contribution < 1.29 is 13.9 Å². The fourth-order valence-electron chi connectivity index (χ4n) is 2.71. The smallest absolute Gasteiger partial charge is 0.310 e. The zero-order valence-electron chi connectivity index (χ0n) is 14.0. The number of hydrogen-bond donors (Lipinski definition) is 0. The minimum atomic E-state index is -0.226. The van der Waals surface area contributed by atoms with Crippen LogP contribution in [-0.4, -0.2) is 17.6 Å². The number of carbonyl (C=O) groups excluding carboxylic acids is 1. The summed E-state index contributed by atoms with van der Waals surface area (Å²) in [5, 5.41) is 0.974. The van der Waals surface area contributed by atoms with E-state index in [-0.39, 0.29) is 12.4 Å². The highest BCUT2D eigenvalue weighted by molar-refractivity contribution is 5.86. The van der Waals surface area contributed by atoms with Crippen LogP contribution in [0.15, 0.2) is 47.1 Å².